The molecule has 0 saturated carbocycles. The maximum absolute atomic E-state index is 12.3. The van der Waals surface area contributed by atoms with Crippen molar-refractivity contribution in [1.82, 2.24) is 29.8 Å². The molecule has 0 saturated heterocycles. The summed E-state index contributed by atoms with van der Waals surface area (Å²) >= 11 is 0. The molecule has 0 unspecified atom stereocenters. The molecule has 0 aliphatic heterocycles. The summed E-state index contributed by atoms with van der Waals surface area (Å²) in [5, 5.41) is 10.9. The zero-order chi connectivity index (χ0) is 15.3. The second-order valence-corrected chi connectivity index (χ2v) is 5.55. The van der Waals surface area contributed by atoms with E-state index in [1.165, 1.54) is 10.6 Å². The molecule has 0 fully saturated rings. The molecule has 0 amide bonds. The fourth-order valence-electron chi connectivity index (χ4n) is 2.41. The van der Waals surface area contributed by atoms with Gasteiger partial charge in [0, 0.05) is 22.9 Å². The topological polar surface area (TPSA) is 91.7 Å². The van der Waals surface area contributed by atoms with Gasteiger partial charge in [0.25, 0.3) is 11.3 Å². The van der Waals surface area contributed by atoms with Gasteiger partial charge in [-0.25, -0.2) is 4.98 Å². The highest BCUT2D eigenvalue weighted by Crippen LogP contribution is 2.21. The third-order valence-corrected chi connectivity index (χ3v) is 3.63. The number of hydrogen-bond donors (Lipinski definition) is 2. The Morgan fingerprint density at radius 3 is 2.86 bits per heavy atom. The van der Waals surface area contributed by atoms with Crippen LogP contribution in [-0.2, 0) is 0 Å². The minimum Gasteiger partial charge on any atom is -0.278 e. The van der Waals surface area contributed by atoms with Crippen molar-refractivity contribution >= 4 is 16.7 Å². The third kappa shape index (κ3) is 1.90. The van der Waals surface area contributed by atoms with Gasteiger partial charge >= 0.3 is 0 Å². The Morgan fingerprint density at radius 2 is 2.05 bits per heavy atom. The van der Waals surface area contributed by atoms with Gasteiger partial charge in [-0.3, -0.25) is 15.0 Å². The van der Waals surface area contributed by atoms with Crippen molar-refractivity contribution in [2.24, 2.45) is 0 Å². The van der Waals surface area contributed by atoms with Gasteiger partial charge in [-0.1, -0.05) is 19.9 Å². The van der Waals surface area contributed by atoms with Crippen LogP contribution in [0.1, 0.15) is 25.6 Å². The second kappa shape index (κ2) is 4.52. The van der Waals surface area contributed by atoms with E-state index in [-0.39, 0.29) is 11.5 Å². The molecule has 4 rings (SSSR count). The molecule has 0 atom stereocenters. The number of aromatic nitrogens is 6. The zero-order valence-electron chi connectivity index (χ0n) is 12.2. The predicted octanol–water partition coefficient (Wildman–Crippen LogP) is 2.08. The van der Waals surface area contributed by atoms with E-state index < -0.39 is 0 Å². The van der Waals surface area contributed by atoms with Crippen molar-refractivity contribution in [3.05, 3.63) is 46.6 Å². The average Bonchev–Trinajstić information content (AvgIpc) is 3.12. The number of fused-ring (bicyclic) bond motifs is 2. The maximum atomic E-state index is 12.3. The molecule has 0 spiro atoms. The lowest BCUT2D eigenvalue weighted by atomic mass is 10.1. The van der Waals surface area contributed by atoms with Crippen molar-refractivity contribution < 1.29 is 0 Å². The Bertz CT molecular complexity index is 1040. The van der Waals surface area contributed by atoms with Crippen molar-refractivity contribution in [3.8, 4) is 11.3 Å². The number of H-pyrrole nitrogens is 2. The molecule has 3 heterocycles. The van der Waals surface area contributed by atoms with Crippen LogP contribution < -0.4 is 5.56 Å². The average molecular weight is 294 g/mol. The van der Waals surface area contributed by atoms with Gasteiger partial charge < -0.3 is 0 Å². The summed E-state index contributed by atoms with van der Waals surface area (Å²) in [5.41, 5.74) is 2.24. The quantitative estimate of drug-likeness (QED) is 0.592. The Hall–Kier alpha value is -2.96. The molecule has 110 valence electrons. The van der Waals surface area contributed by atoms with E-state index in [0.717, 1.165) is 22.3 Å². The van der Waals surface area contributed by atoms with Gasteiger partial charge in [-0.05, 0) is 12.1 Å². The molecule has 22 heavy (non-hydrogen) atoms. The lowest BCUT2D eigenvalue weighted by molar-refractivity contribution is 0.758. The molecule has 0 bridgehead atoms. The van der Waals surface area contributed by atoms with Crippen LogP contribution in [0.4, 0.5) is 0 Å². The van der Waals surface area contributed by atoms with Crippen LogP contribution in [0, 0.1) is 0 Å². The summed E-state index contributed by atoms with van der Waals surface area (Å²) in [5.74, 6) is 1.33. The first-order valence-electron chi connectivity index (χ1n) is 7.05. The van der Waals surface area contributed by atoms with E-state index in [2.05, 4.69) is 25.3 Å². The molecule has 3 aromatic heterocycles. The minimum absolute atomic E-state index is 0.174. The number of benzene rings is 1. The summed E-state index contributed by atoms with van der Waals surface area (Å²) in [6.45, 7) is 4.02. The van der Waals surface area contributed by atoms with E-state index in [0.29, 0.717) is 11.5 Å². The molecule has 7 heteroatoms. The summed E-state index contributed by atoms with van der Waals surface area (Å²) in [6, 6.07) is 7.30. The standard InChI is InChI=1S/C15H14N6O/c1-8(2)14-18-15-17-12(6-13(22)21(15)20-14)9-3-4-11-10(5-9)7-16-19-11/h3-8H,1-2H3,(H,16,19)(H,17,18,20). The normalized spacial score (nSPS) is 11.8. The molecule has 1 aromatic carbocycles. The monoisotopic (exact) mass is 294 g/mol. The summed E-state index contributed by atoms with van der Waals surface area (Å²) in [4.78, 5) is 21.1. The largest absolute Gasteiger partial charge is 0.278 e. The summed E-state index contributed by atoms with van der Waals surface area (Å²) < 4.78 is 1.37. The number of nitrogens with zero attached hydrogens (tertiary/aromatic N) is 4. The molecule has 2 N–H and O–H groups in total. The predicted molar refractivity (Wildman–Crippen MR) is 82.8 cm³/mol. The van der Waals surface area contributed by atoms with Crippen LogP contribution in [0.15, 0.2) is 35.3 Å². The first-order chi connectivity index (χ1) is 10.6. The molecule has 4 aromatic rings. The van der Waals surface area contributed by atoms with Crippen LogP contribution in [0.3, 0.4) is 0 Å². The molecule has 0 radical (unpaired) electrons. The van der Waals surface area contributed by atoms with Crippen molar-refractivity contribution in [2.75, 3.05) is 0 Å². The molecule has 7 nitrogen and oxygen atoms in total. The highest BCUT2D eigenvalue weighted by atomic mass is 16.1. The Morgan fingerprint density at radius 1 is 1.18 bits per heavy atom. The zero-order valence-corrected chi connectivity index (χ0v) is 12.2. The summed E-state index contributed by atoms with van der Waals surface area (Å²) in [7, 11) is 0. The summed E-state index contributed by atoms with van der Waals surface area (Å²) in [6.07, 6.45) is 1.75. The highest BCUT2D eigenvalue weighted by molar-refractivity contribution is 5.83. The smallest absolute Gasteiger partial charge is 0.274 e. The third-order valence-electron chi connectivity index (χ3n) is 3.63. The lowest BCUT2D eigenvalue weighted by Gasteiger charge is -2.00. The van der Waals surface area contributed by atoms with Gasteiger partial charge in [0.2, 0.25) is 0 Å². The Kier molecular flexibility index (Phi) is 2.62. The molecular weight excluding hydrogens is 280 g/mol. The Balaban J connectivity index is 1.92. The van der Waals surface area contributed by atoms with Crippen molar-refractivity contribution in [3.63, 3.8) is 0 Å². The van der Waals surface area contributed by atoms with E-state index >= 15 is 0 Å². The highest BCUT2D eigenvalue weighted by Gasteiger charge is 2.11. The Labute approximate surface area is 125 Å². The van der Waals surface area contributed by atoms with Gasteiger partial charge in [0.1, 0.15) is 5.82 Å². The minimum atomic E-state index is -0.174. The van der Waals surface area contributed by atoms with Gasteiger partial charge in [-0.15, -0.1) is 0 Å². The molecular formula is C15H14N6O. The molecule has 0 aliphatic rings. The van der Waals surface area contributed by atoms with Gasteiger partial charge in [-0.2, -0.15) is 14.6 Å². The number of rotatable bonds is 2. The van der Waals surface area contributed by atoms with Gasteiger partial charge in [0.05, 0.1) is 17.4 Å². The van der Waals surface area contributed by atoms with E-state index in [1.54, 1.807) is 6.20 Å². The number of hydrogen-bond acceptors (Lipinski definition) is 4. The van der Waals surface area contributed by atoms with Crippen molar-refractivity contribution in [2.45, 2.75) is 19.8 Å². The first-order valence-corrected chi connectivity index (χ1v) is 7.05. The second-order valence-electron chi connectivity index (χ2n) is 5.55. The number of aromatic amines is 2. The van der Waals surface area contributed by atoms with Crippen LogP contribution in [0.2, 0.25) is 0 Å². The fourth-order valence-corrected chi connectivity index (χ4v) is 2.41. The van der Waals surface area contributed by atoms with Crippen LogP contribution >= 0.6 is 0 Å². The van der Waals surface area contributed by atoms with E-state index in [9.17, 15) is 4.79 Å². The van der Waals surface area contributed by atoms with Crippen LogP contribution in [0.5, 0.6) is 0 Å². The van der Waals surface area contributed by atoms with Crippen LogP contribution in [-0.4, -0.2) is 29.8 Å². The van der Waals surface area contributed by atoms with E-state index in [1.807, 2.05) is 32.0 Å². The lowest BCUT2D eigenvalue weighted by Crippen LogP contribution is -2.14. The number of nitrogens with one attached hydrogen (secondary N) is 2. The van der Waals surface area contributed by atoms with Crippen molar-refractivity contribution in [1.29, 1.82) is 0 Å². The van der Waals surface area contributed by atoms with E-state index in [4.69, 9.17) is 0 Å². The maximum Gasteiger partial charge on any atom is 0.274 e. The molecule has 0 aliphatic carbocycles. The van der Waals surface area contributed by atoms with Crippen LogP contribution in [0.25, 0.3) is 27.9 Å². The SMILES string of the molecule is CC(C)c1nc2nc(-c3ccc4[nH]ncc4c3)cc(=O)n2[nH]1. The van der Waals surface area contributed by atoms with Gasteiger partial charge in [0.15, 0.2) is 0 Å². The first kappa shape index (κ1) is 12.8. The fraction of sp³-hybridized carbons (Fsp3) is 0.200.